The molecule has 0 aliphatic carbocycles. The van der Waals surface area contributed by atoms with Gasteiger partial charge in [-0.05, 0) is 12.8 Å². The number of carbonyl (C=O) groups excluding carboxylic acids is 1. The van der Waals surface area contributed by atoms with E-state index in [4.69, 9.17) is 21.6 Å². The van der Waals surface area contributed by atoms with Gasteiger partial charge in [-0.1, -0.05) is 32.6 Å². The van der Waals surface area contributed by atoms with Crippen LogP contribution in [0, 0.1) is 24.3 Å². The second-order valence-corrected chi connectivity index (χ2v) is 7.04. The quantitative estimate of drug-likeness (QED) is 0.319. The lowest BCUT2D eigenvalue weighted by Crippen LogP contribution is -2.51. The summed E-state index contributed by atoms with van der Waals surface area (Å²) in [6.45, 7) is 3.29. The minimum Gasteiger partial charge on any atom is -0.456 e. The molecule has 2 aromatic rings. The molecule has 0 aliphatic rings. The summed E-state index contributed by atoms with van der Waals surface area (Å²) >= 11 is 0. The van der Waals surface area contributed by atoms with Crippen LogP contribution >= 0.6 is 0 Å². The van der Waals surface area contributed by atoms with Crippen molar-refractivity contribution < 1.29 is 23.8 Å². The van der Waals surface area contributed by atoms with Crippen molar-refractivity contribution in [1.29, 1.82) is 0 Å². The first-order valence-electron chi connectivity index (χ1n) is 9.83. The number of rotatable bonds is 11. The molecule has 0 bridgehead atoms. The molecule has 0 aromatic carbocycles. The van der Waals surface area contributed by atoms with Crippen molar-refractivity contribution in [3.8, 4) is 12.3 Å². The van der Waals surface area contributed by atoms with Crippen LogP contribution < -0.4 is 5.73 Å². The van der Waals surface area contributed by atoms with E-state index in [0.717, 1.165) is 12.8 Å². The summed E-state index contributed by atoms with van der Waals surface area (Å²) in [5.74, 6) is 1.54. The maximum absolute atomic E-state index is 13.7. The Morgan fingerprint density at radius 1 is 1.40 bits per heavy atom. The molecule has 0 aliphatic heterocycles. The average molecular weight is 421 g/mol. The van der Waals surface area contributed by atoms with Gasteiger partial charge in [-0.3, -0.25) is 4.79 Å². The molecule has 2 aromatic heterocycles. The highest BCUT2D eigenvalue weighted by atomic mass is 19.1. The molecule has 0 amide bonds. The van der Waals surface area contributed by atoms with E-state index in [1.165, 1.54) is 18.0 Å². The number of ether oxygens (including phenoxy) is 2. The Hall–Kier alpha value is -2.77. The second-order valence-electron chi connectivity index (χ2n) is 7.04. The predicted octanol–water partition coefficient (Wildman–Crippen LogP) is 1.69. The molecule has 0 radical (unpaired) electrons. The fourth-order valence-electron chi connectivity index (χ4n) is 3.34. The number of nitrogens with zero attached hydrogens (tertiary/aromatic N) is 4. The molecule has 0 saturated heterocycles. The number of hydrogen-bond donors (Lipinski definition) is 2. The fourth-order valence-corrected chi connectivity index (χ4v) is 3.34. The normalized spacial score (nSPS) is 14.4. The summed E-state index contributed by atoms with van der Waals surface area (Å²) in [5, 5.41) is 9.95. The number of fused-ring (bicyclic) bond motifs is 1. The van der Waals surface area contributed by atoms with Crippen molar-refractivity contribution in [3.63, 3.8) is 0 Å². The third-order valence-electron chi connectivity index (χ3n) is 5.06. The van der Waals surface area contributed by atoms with Gasteiger partial charge in [-0.25, -0.2) is 4.98 Å². The van der Waals surface area contributed by atoms with E-state index in [-0.39, 0.29) is 29.4 Å². The molecule has 10 heteroatoms. The van der Waals surface area contributed by atoms with Gasteiger partial charge in [0.15, 0.2) is 23.2 Å². The number of terminal acetylenes is 1. The summed E-state index contributed by atoms with van der Waals surface area (Å²) in [6.07, 6.45) is 7.85. The summed E-state index contributed by atoms with van der Waals surface area (Å²) < 4.78 is 26.3. The third-order valence-corrected chi connectivity index (χ3v) is 5.06. The molecule has 1 unspecified atom stereocenters. The summed E-state index contributed by atoms with van der Waals surface area (Å²) in [4.78, 5) is 24.1. The molecule has 0 fully saturated rings. The zero-order valence-corrected chi connectivity index (χ0v) is 17.5. The van der Waals surface area contributed by atoms with Gasteiger partial charge in [-0.2, -0.15) is 14.4 Å². The molecule has 9 nitrogen and oxygen atoms in total. The molecule has 164 valence electrons. The van der Waals surface area contributed by atoms with E-state index in [1.807, 2.05) is 13.8 Å². The zero-order chi connectivity index (χ0) is 22.3. The van der Waals surface area contributed by atoms with E-state index < -0.39 is 30.4 Å². The second kappa shape index (κ2) is 10.3. The number of aliphatic hydroxyl groups is 1. The lowest BCUT2D eigenvalue weighted by Gasteiger charge is -2.34. The van der Waals surface area contributed by atoms with Crippen LogP contribution in [-0.4, -0.2) is 56.0 Å². The Morgan fingerprint density at radius 2 is 2.07 bits per heavy atom. The first-order valence-corrected chi connectivity index (χ1v) is 9.83. The topological polar surface area (TPSA) is 125 Å². The highest BCUT2D eigenvalue weighted by molar-refractivity contribution is 5.81. The van der Waals surface area contributed by atoms with Gasteiger partial charge in [0.05, 0.1) is 25.4 Å². The molecule has 2 rings (SSSR count). The van der Waals surface area contributed by atoms with Gasteiger partial charge in [0, 0.05) is 7.11 Å². The number of halogens is 1. The fraction of sp³-hybridized carbons (Fsp3) is 0.600. The molecular weight excluding hydrogens is 393 g/mol. The van der Waals surface area contributed by atoms with E-state index in [0.29, 0.717) is 12.8 Å². The van der Waals surface area contributed by atoms with Gasteiger partial charge in [-0.15, -0.1) is 6.42 Å². The lowest BCUT2D eigenvalue weighted by atomic mass is 9.96. The Bertz CT molecular complexity index is 900. The van der Waals surface area contributed by atoms with Crippen molar-refractivity contribution in [2.45, 2.75) is 57.8 Å². The first kappa shape index (κ1) is 23.5. The van der Waals surface area contributed by atoms with Gasteiger partial charge >= 0.3 is 12.0 Å². The van der Waals surface area contributed by atoms with Crippen LogP contribution in [-0.2, 0) is 20.8 Å². The minimum absolute atomic E-state index is 0.0816. The van der Waals surface area contributed by atoms with Crippen molar-refractivity contribution in [2.24, 2.45) is 5.92 Å². The van der Waals surface area contributed by atoms with Gasteiger partial charge in [0.1, 0.15) is 5.52 Å². The Labute approximate surface area is 174 Å². The van der Waals surface area contributed by atoms with Crippen LogP contribution in [0.2, 0.25) is 0 Å². The third kappa shape index (κ3) is 4.86. The molecule has 0 saturated carbocycles. The molecule has 2 atom stereocenters. The Balaban J connectivity index is 2.42. The van der Waals surface area contributed by atoms with E-state index >= 15 is 0 Å². The molecular formula is C20H28FN5O4. The molecule has 3 N–H and O–H groups in total. The monoisotopic (exact) mass is 421 g/mol. The van der Waals surface area contributed by atoms with Crippen LogP contribution in [0.15, 0.2) is 6.33 Å². The maximum Gasteiger partial charge on any atom is 0.312 e. The molecule has 0 spiro atoms. The zero-order valence-electron chi connectivity index (χ0n) is 17.5. The summed E-state index contributed by atoms with van der Waals surface area (Å²) in [6, 6.07) is 0. The minimum atomic E-state index is -1.60. The van der Waals surface area contributed by atoms with Crippen molar-refractivity contribution in [1.82, 2.24) is 19.5 Å². The predicted molar refractivity (Wildman–Crippen MR) is 109 cm³/mol. The van der Waals surface area contributed by atoms with Crippen LogP contribution in [0.3, 0.4) is 0 Å². The van der Waals surface area contributed by atoms with Crippen LogP contribution in [0.25, 0.3) is 11.2 Å². The number of nitrogens with two attached hydrogens (primary N) is 1. The van der Waals surface area contributed by atoms with E-state index in [9.17, 15) is 14.3 Å². The molecule has 2 heterocycles. The van der Waals surface area contributed by atoms with Gasteiger partial charge in [0.2, 0.25) is 0 Å². The van der Waals surface area contributed by atoms with Crippen molar-refractivity contribution in [3.05, 3.63) is 12.4 Å². The number of aromatic nitrogens is 4. The number of imidazole rings is 1. The number of methoxy groups -OCH3 is 1. The summed E-state index contributed by atoms with van der Waals surface area (Å²) in [5.41, 5.74) is 4.41. The molecule has 30 heavy (non-hydrogen) atoms. The van der Waals surface area contributed by atoms with Crippen molar-refractivity contribution in [2.75, 3.05) is 19.5 Å². The number of aliphatic hydroxyl groups excluding tert-OH is 1. The number of carbonyl (C=O) groups is 1. The number of hydrogen-bond acceptors (Lipinski definition) is 8. The highest BCUT2D eigenvalue weighted by Crippen LogP contribution is 2.25. The van der Waals surface area contributed by atoms with Crippen LogP contribution in [0.5, 0.6) is 0 Å². The lowest BCUT2D eigenvalue weighted by molar-refractivity contribution is -0.173. The summed E-state index contributed by atoms with van der Waals surface area (Å²) in [7, 11) is 1.32. The smallest absolute Gasteiger partial charge is 0.312 e. The Morgan fingerprint density at radius 3 is 2.60 bits per heavy atom. The number of esters is 1. The SMILES string of the molecule is C#CC(CO)(OC)[C@H](Cn1cnc2c(N)nc(F)nc21)OC(=O)C(CCC)CCC. The number of nitrogen functional groups attached to an aromatic ring is 1. The number of anilines is 1. The van der Waals surface area contributed by atoms with Crippen LogP contribution in [0.1, 0.15) is 39.5 Å². The standard InChI is InChI=1S/C20H28FN5O4/c1-5-8-13(9-6-2)18(28)30-14(20(7-3,11-27)29-4)10-26-12-23-15-16(22)24-19(21)25-17(15)26/h3,12-14,27H,5-6,8-11H2,1-2,4H3,(H2,22,24,25)/t14-,20?/m0/s1. The van der Waals surface area contributed by atoms with Gasteiger partial charge < -0.3 is 24.9 Å². The highest BCUT2D eigenvalue weighted by Gasteiger charge is 2.41. The average Bonchev–Trinajstić information content (AvgIpc) is 3.12. The maximum atomic E-state index is 13.7. The van der Waals surface area contributed by atoms with Crippen LogP contribution in [0.4, 0.5) is 10.2 Å². The van der Waals surface area contributed by atoms with E-state index in [1.54, 1.807) is 0 Å². The Kier molecular flexibility index (Phi) is 8.08. The largest absolute Gasteiger partial charge is 0.456 e. The van der Waals surface area contributed by atoms with Crippen molar-refractivity contribution >= 4 is 23.0 Å². The first-order chi connectivity index (χ1) is 14.3. The van der Waals surface area contributed by atoms with E-state index in [2.05, 4.69) is 20.9 Å². The van der Waals surface area contributed by atoms with Gasteiger partial charge in [0.25, 0.3) is 0 Å².